The molecule has 1 aliphatic carbocycles. The summed E-state index contributed by atoms with van der Waals surface area (Å²) in [6, 6.07) is 15.2. The first-order valence-electron chi connectivity index (χ1n) is 12.1. The molecule has 0 spiro atoms. The van der Waals surface area contributed by atoms with Crippen molar-refractivity contribution in [1.82, 2.24) is 0 Å². The minimum atomic E-state index is -0.837. The van der Waals surface area contributed by atoms with Crippen molar-refractivity contribution >= 4 is 5.97 Å². The van der Waals surface area contributed by atoms with Gasteiger partial charge in [-0.3, -0.25) is 0 Å². The molecule has 3 aromatic rings. The van der Waals surface area contributed by atoms with Gasteiger partial charge in [-0.2, -0.15) is 0 Å². The van der Waals surface area contributed by atoms with Gasteiger partial charge in [-0.25, -0.2) is 18.0 Å². The van der Waals surface area contributed by atoms with Crippen molar-refractivity contribution in [3.63, 3.8) is 0 Å². The van der Waals surface area contributed by atoms with E-state index >= 15 is 4.39 Å². The van der Waals surface area contributed by atoms with Crippen LogP contribution >= 0.6 is 0 Å². The first kappa shape index (κ1) is 23.6. The fourth-order valence-electron chi connectivity index (χ4n) is 4.87. The first-order valence-corrected chi connectivity index (χ1v) is 12.1. The maximum absolute atomic E-state index is 15.0. The lowest BCUT2D eigenvalue weighted by molar-refractivity contribution is 0.0189. The molecule has 0 radical (unpaired) electrons. The molecule has 1 atom stereocenters. The highest BCUT2D eigenvalue weighted by Gasteiger charge is 2.30. The maximum atomic E-state index is 15.0. The zero-order valence-electron chi connectivity index (χ0n) is 19.5. The topological polar surface area (TPSA) is 38.8 Å². The van der Waals surface area contributed by atoms with Gasteiger partial charge in [0.15, 0.2) is 11.6 Å². The molecular formula is C29H27F3O3. The standard InChI is InChI=1S/C29H27F3O3/c1-2-17-3-5-18(6-4-17)22-13-14-23(28(32)27(22)31)19-7-10-21(11-8-19)35-29(33)24-12-9-20(15-25(24)30)26-16-34-26/h3-6,9,12-15,19,21,26H,2,7-8,10-11,16H2,1H3. The predicted octanol–water partition coefficient (Wildman–Crippen LogP) is 7.29. The van der Waals surface area contributed by atoms with Crippen LogP contribution in [0.25, 0.3) is 11.1 Å². The number of hydrogen-bond donors (Lipinski definition) is 0. The molecule has 2 fully saturated rings. The molecule has 3 aromatic carbocycles. The van der Waals surface area contributed by atoms with Crippen molar-refractivity contribution in [3.8, 4) is 11.1 Å². The third-order valence-corrected chi connectivity index (χ3v) is 7.09. The van der Waals surface area contributed by atoms with E-state index in [1.165, 1.54) is 12.1 Å². The largest absolute Gasteiger partial charge is 0.459 e. The van der Waals surface area contributed by atoms with Gasteiger partial charge in [-0.15, -0.1) is 0 Å². The molecule has 1 saturated carbocycles. The summed E-state index contributed by atoms with van der Waals surface area (Å²) in [6.45, 7) is 2.60. The lowest BCUT2D eigenvalue weighted by atomic mass is 9.82. The van der Waals surface area contributed by atoms with Crippen LogP contribution in [0.3, 0.4) is 0 Å². The van der Waals surface area contributed by atoms with E-state index in [1.54, 1.807) is 18.2 Å². The number of esters is 1. The molecule has 0 aromatic heterocycles. The van der Waals surface area contributed by atoms with E-state index < -0.39 is 23.4 Å². The Morgan fingerprint density at radius 1 is 0.943 bits per heavy atom. The first-order chi connectivity index (χ1) is 16.9. The average molecular weight is 481 g/mol. The van der Waals surface area contributed by atoms with Crippen molar-refractivity contribution in [1.29, 1.82) is 0 Å². The average Bonchev–Trinajstić information content (AvgIpc) is 3.72. The number of halogens is 3. The van der Waals surface area contributed by atoms with Gasteiger partial charge in [-0.1, -0.05) is 49.4 Å². The van der Waals surface area contributed by atoms with Crippen LogP contribution in [0.15, 0.2) is 54.6 Å². The molecule has 0 N–H and O–H groups in total. The summed E-state index contributed by atoms with van der Waals surface area (Å²) in [5.74, 6) is -3.14. The molecule has 0 bridgehead atoms. The third kappa shape index (κ3) is 4.98. The van der Waals surface area contributed by atoms with Crippen molar-refractivity contribution < 1.29 is 27.4 Å². The van der Waals surface area contributed by atoms with Crippen molar-refractivity contribution in [3.05, 3.63) is 94.3 Å². The summed E-state index contributed by atoms with van der Waals surface area (Å²) in [5.41, 5.74) is 2.98. The van der Waals surface area contributed by atoms with Crippen LogP contribution in [0.1, 0.15) is 71.7 Å². The number of benzene rings is 3. The molecule has 35 heavy (non-hydrogen) atoms. The van der Waals surface area contributed by atoms with Crippen LogP contribution < -0.4 is 0 Å². The number of epoxide rings is 1. The van der Waals surface area contributed by atoms with Crippen molar-refractivity contribution in [2.75, 3.05) is 6.61 Å². The van der Waals surface area contributed by atoms with E-state index in [0.717, 1.165) is 12.0 Å². The van der Waals surface area contributed by atoms with E-state index in [9.17, 15) is 13.6 Å². The van der Waals surface area contributed by atoms with Crippen molar-refractivity contribution in [2.45, 2.75) is 57.2 Å². The predicted molar refractivity (Wildman–Crippen MR) is 127 cm³/mol. The maximum Gasteiger partial charge on any atom is 0.341 e. The lowest BCUT2D eigenvalue weighted by Crippen LogP contribution is -2.25. The molecule has 1 saturated heterocycles. The summed E-state index contributed by atoms with van der Waals surface area (Å²) >= 11 is 0. The second-order valence-corrected chi connectivity index (χ2v) is 9.32. The van der Waals surface area contributed by atoms with E-state index in [1.807, 2.05) is 31.2 Å². The van der Waals surface area contributed by atoms with E-state index in [-0.39, 0.29) is 29.3 Å². The molecular weight excluding hydrogens is 453 g/mol. The monoisotopic (exact) mass is 480 g/mol. The SMILES string of the molecule is CCc1ccc(-c2ccc(C3CCC(OC(=O)c4ccc(C5CO5)cc4F)CC3)c(F)c2F)cc1. The minimum absolute atomic E-state index is 0.0919. The third-order valence-electron chi connectivity index (χ3n) is 7.09. The Bertz CT molecular complexity index is 1230. The van der Waals surface area contributed by atoms with Crippen LogP contribution in [0.4, 0.5) is 13.2 Å². The number of carbonyl (C=O) groups excluding carboxylic acids is 1. The zero-order valence-corrected chi connectivity index (χ0v) is 19.5. The lowest BCUT2D eigenvalue weighted by Gasteiger charge is -2.29. The zero-order chi connectivity index (χ0) is 24.5. The number of carbonyl (C=O) groups is 1. The fraction of sp³-hybridized carbons (Fsp3) is 0.345. The number of ether oxygens (including phenoxy) is 2. The summed E-state index contributed by atoms with van der Waals surface area (Å²) < 4.78 is 55.0. The van der Waals surface area contributed by atoms with E-state index in [2.05, 4.69) is 0 Å². The minimum Gasteiger partial charge on any atom is -0.459 e. The smallest absolute Gasteiger partial charge is 0.341 e. The molecule has 6 heteroatoms. The second kappa shape index (κ2) is 9.86. The molecule has 0 amide bonds. The highest BCUT2D eigenvalue weighted by atomic mass is 19.2. The van der Waals surface area contributed by atoms with Crippen LogP contribution in [-0.2, 0) is 15.9 Å². The highest BCUT2D eigenvalue weighted by molar-refractivity contribution is 5.89. The Labute approximate surface area is 202 Å². The molecule has 2 aliphatic rings. The van der Waals surface area contributed by atoms with Gasteiger partial charge in [0, 0.05) is 5.56 Å². The van der Waals surface area contributed by atoms with Gasteiger partial charge in [0.2, 0.25) is 0 Å². The second-order valence-electron chi connectivity index (χ2n) is 9.32. The summed E-state index contributed by atoms with van der Waals surface area (Å²) in [5, 5.41) is 0. The van der Waals surface area contributed by atoms with Gasteiger partial charge in [0.1, 0.15) is 18.0 Å². The Hall–Kier alpha value is -3.12. The molecule has 1 unspecified atom stereocenters. The summed E-state index contributed by atoms with van der Waals surface area (Å²) in [4.78, 5) is 12.5. The molecule has 5 rings (SSSR count). The molecule has 3 nitrogen and oxygen atoms in total. The molecule has 1 aliphatic heterocycles. The summed E-state index contributed by atoms with van der Waals surface area (Å²) in [7, 11) is 0. The normalized spacial score (nSPS) is 21.5. The summed E-state index contributed by atoms with van der Waals surface area (Å²) in [6.07, 6.45) is 2.53. The highest BCUT2D eigenvalue weighted by Crippen LogP contribution is 2.38. The van der Waals surface area contributed by atoms with Gasteiger partial charge in [-0.05, 0) is 72.4 Å². The van der Waals surface area contributed by atoms with E-state index in [0.29, 0.717) is 49.0 Å². The number of hydrogen-bond acceptors (Lipinski definition) is 3. The Kier molecular flexibility index (Phi) is 6.65. The van der Waals surface area contributed by atoms with E-state index in [4.69, 9.17) is 9.47 Å². The molecule has 182 valence electrons. The Morgan fingerprint density at radius 3 is 2.29 bits per heavy atom. The van der Waals surface area contributed by atoms with Gasteiger partial charge < -0.3 is 9.47 Å². The van der Waals surface area contributed by atoms with Gasteiger partial charge in [0.25, 0.3) is 0 Å². The van der Waals surface area contributed by atoms with Gasteiger partial charge in [0.05, 0.1) is 12.2 Å². The van der Waals surface area contributed by atoms with Gasteiger partial charge >= 0.3 is 5.97 Å². The van der Waals surface area contributed by atoms with Crippen LogP contribution in [0.2, 0.25) is 0 Å². The fourth-order valence-corrected chi connectivity index (χ4v) is 4.87. The van der Waals surface area contributed by atoms with Crippen LogP contribution in [0.5, 0.6) is 0 Å². The quantitative estimate of drug-likeness (QED) is 0.275. The number of aryl methyl sites for hydroxylation is 1. The Balaban J connectivity index is 1.22. The van der Waals surface area contributed by atoms with Crippen LogP contribution in [0, 0.1) is 17.5 Å². The Morgan fingerprint density at radius 2 is 1.66 bits per heavy atom. The van der Waals surface area contributed by atoms with Crippen LogP contribution in [-0.4, -0.2) is 18.7 Å². The van der Waals surface area contributed by atoms with Crippen molar-refractivity contribution in [2.24, 2.45) is 0 Å². The number of rotatable bonds is 6. The molecule has 1 heterocycles.